The van der Waals surface area contributed by atoms with Crippen molar-refractivity contribution < 1.29 is 19.5 Å². The molecule has 5 aromatic rings. The fraction of sp³-hybridized carbons (Fsp3) is 0.139. The number of fused-ring (bicyclic) bond motifs is 1. The molecule has 0 atom stereocenters. The van der Waals surface area contributed by atoms with Gasteiger partial charge in [-0.3, -0.25) is 14.9 Å². The van der Waals surface area contributed by atoms with Crippen molar-refractivity contribution in [3.8, 4) is 5.75 Å². The molecule has 0 bridgehead atoms. The van der Waals surface area contributed by atoms with Crippen LogP contribution in [0, 0.1) is 0 Å². The van der Waals surface area contributed by atoms with Gasteiger partial charge < -0.3 is 15.3 Å². The van der Waals surface area contributed by atoms with E-state index in [9.17, 15) is 19.5 Å². The molecule has 9 heteroatoms. The van der Waals surface area contributed by atoms with Crippen molar-refractivity contribution in [3.63, 3.8) is 0 Å². The number of rotatable bonds is 9. The second kappa shape index (κ2) is 13.6. The summed E-state index contributed by atoms with van der Waals surface area (Å²) in [6.45, 7) is 1.48. The maximum atomic E-state index is 12.9. The molecule has 0 saturated heterocycles. The number of azo groups is 1. The van der Waals surface area contributed by atoms with Crippen LogP contribution in [0.3, 0.4) is 0 Å². The number of ketones is 1. The van der Waals surface area contributed by atoms with Crippen molar-refractivity contribution in [2.75, 3.05) is 24.3 Å². The highest BCUT2D eigenvalue weighted by Crippen LogP contribution is 2.36. The average molecular weight is 600 g/mol. The van der Waals surface area contributed by atoms with Gasteiger partial charge in [-0.1, -0.05) is 36.4 Å². The SMILES string of the molecule is CC(=O)c1ccc(N=Nc2c(O)ccc3cc(C(=O)NC(=O)Nc4ccc(CCc5ccc(N(C)C)cc5)cc4)ccc23)cc1. The van der Waals surface area contributed by atoms with Gasteiger partial charge in [-0.25, -0.2) is 4.79 Å². The molecule has 0 spiro atoms. The molecule has 0 radical (unpaired) electrons. The van der Waals surface area contributed by atoms with Gasteiger partial charge in [-0.2, -0.15) is 5.11 Å². The number of Topliss-reactive ketones (excluding diaryl/α,β-unsaturated/α-hetero) is 1. The normalized spacial score (nSPS) is 11.0. The molecule has 0 aliphatic heterocycles. The van der Waals surface area contributed by atoms with Gasteiger partial charge in [-0.15, -0.1) is 5.11 Å². The van der Waals surface area contributed by atoms with Gasteiger partial charge in [-0.05, 0) is 103 Å². The van der Waals surface area contributed by atoms with Crippen LogP contribution in [-0.4, -0.2) is 36.9 Å². The summed E-state index contributed by atoms with van der Waals surface area (Å²) in [6.07, 6.45) is 1.77. The average Bonchev–Trinajstić information content (AvgIpc) is 3.04. The molecule has 0 aliphatic carbocycles. The smallest absolute Gasteiger partial charge is 0.326 e. The van der Waals surface area contributed by atoms with E-state index in [0.717, 1.165) is 24.1 Å². The third kappa shape index (κ3) is 7.77. The van der Waals surface area contributed by atoms with E-state index >= 15 is 0 Å². The second-order valence-electron chi connectivity index (χ2n) is 10.8. The molecule has 3 N–H and O–H groups in total. The van der Waals surface area contributed by atoms with Gasteiger partial charge in [0.2, 0.25) is 0 Å². The van der Waals surface area contributed by atoms with E-state index in [2.05, 4.69) is 50.0 Å². The number of carbonyl (C=O) groups is 3. The molecule has 0 aliphatic rings. The molecule has 9 nitrogen and oxygen atoms in total. The van der Waals surface area contributed by atoms with Crippen LogP contribution in [0.25, 0.3) is 10.8 Å². The number of aromatic hydroxyl groups is 1. The lowest BCUT2D eigenvalue weighted by Crippen LogP contribution is -2.34. The number of anilines is 2. The van der Waals surface area contributed by atoms with Crippen LogP contribution in [0.5, 0.6) is 5.75 Å². The molecule has 0 fully saturated rings. The summed E-state index contributed by atoms with van der Waals surface area (Å²) in [6, 6.07) is 29.9. The molecule has 0 aromatic heterocycles. The molecule has 0 saturated carbocycles. The first-order valence-electron chi connectivity index (χ1n) is 14.4. The largest absolute Gasteiger partial charge is 0.506 e. The van der Waals surface area contributed by atoms with Gasteiger partial charge in [0.15, 0.2) is 5.78 Å². The number of nitrogens with zero attached hydrogens (tertiary/aromatic N) is 3. The highest BCUT2D eigenvalue weighted by molar-refractivity contribution is 6.10. The minimum Gasteiger partial charge on any atom is -0.506 e. The Morgan fingerprint density at radius 1 is 0.733 bits per heavy atom. The van der Waals surface area contributed by atoms with Gasteiger partial charge in [0.1, 0.15) is 11.4 Å². The Kier molecular flexibility index (Phi) is 9.28. The molecule has 5 aromatic carbocycles. The minimum absolute atomic E-state index is 0.0505. The first-order chi connectivity index (χ1) is 21.7. The summed E-state index contributed by atoms with van der Waals surface area (Å²) < 4.78 is 0. The zero-order valence-corrected chi connectivity index (χ0v) is 25.2. The second-order valence-corrected chi connectivity index (χ2v) is 10.8. The van der Waals surface area contributed by atoms with Crippen LogP contribution in [0.2, 0.25) is 0 Å². The summed E-state index contributed by atoms with van der Waals surface area (Å²) >= 11 is 0. The van der Waals surface area contributed by atoms with E-state index in [1.54, 1.807) is 48.5 Å². The lowest BCUT2D eigenvalue weighted by atomic mass is 10.0. The number of imide groups is 1. The minimum atomic E-state index is -0.648. The zero-order valence-electron chi connectivity index (χ0n) is 25.2. The van der Waals surface area contributed by atoms with Gasteiger partial charge in [0.25, 0.3) is 5.91 Å². The monoisotopic (exact) mass is 599 g/mol. The van der Waals surface area contributed by atoms with E-state index in [1.165, 1.54) is 18.6 Å². The van der Waals surface area contributed by atoms with Crippen LogP contribution >= 0.6 is 0 Å². The van der Waals surface area contributed by atoms with Crippen molar-refractivity contribution in [1.82, 2.24) is 5.32 Å². The number of hydrogen-bond donors (Lipinski definition) is 3. The van der Waals surface area contributed by atoms with Crippen molar-refractivity contribution in [1.29, 1.82) is 0 Å². The fourth-order valence-corrected chi connectivity index (χ4v) is 4.76. The summed E-state index contributed by atoms with van der Waals surface area (Å²) in [5.74, 6) is -0.702. The standard InChI is InChI=1S/C36H33N5O4/c1-23(42)26-10-16-30(17-11-26)39-40-34-32-20-12-28(22-27(32)13-21-33(34)43)35(44)38-36(45)37-29-14-6-24(7-15-29)4-5-25-8-18-31(19-9-25)41(2)3/h6-22,43H,4-5H2,1-3H3,(H2,37,38,44,45). The van der Waals surface area contributed by atoms with Gasteiger partial charge in [0.05, 0.1) is 5.69 Å². The number of amides is 3. The Bertz CT molecular complexity index is 1880. The van der Waals surface area contributed by atoms with E-state index in [-0.39, 0.29) is 22.8 Å². The predicted molar refractivity (Wildman–Crippen MR) is 177 cm³/mol. The Morgan fingerprint density at radius 2 is 1.36 bits per heavy atom. The number of phenols is 1. The number of urea groups is 1. The highest BCUT2D eigenvalue weighted by Gasteiger charge is 2.14. The summed E-state index contributed by atoms with van der Waals surface area (Å²) in [4.78, 5) is 39.0. The predicted octanol–water partition coefficient (Wildman–Crippen LogP) is 7.98. The van der Waals surface area contributed by atoms with Crippen molar-refractivity contribution in [3.05, 3.63) is 125 Å². The van der Waals surface area contributed by atoms with Crippen molar-refractivity contribution >= 4 is 51.2 Å². The molecular formula is C36H33N5O4. The van der Waals surface area contributed by atoms with E-state index in [4.69, 9.17) is 0 Å². The molecule has 3 amide bonds. The number of benzene rings is 5. The first kappa shape index (κ1) is 30.6. The van der Waals surface area contributed by atoms with Gasteiger partial charge >= 0.3 is 6.03 Å². The van der Waals surface area contributed by atoms with Crippen LogP contribution in [0.15, 0.2) is 113 Å². The summed E-state index contributed by atoms with van der Waals surface area (Å²) in [5, 5.41) is 25.1. The molecule has 0 heterocycles. The Morgan fingerprint density at radius 3 is 1.98 bits per heavy atom. The maximum Gasteiger partial charge on any atom is 0.326 e. The highest BCUT2D eigenvalue weighted by atomic mass is 16.3. The maximum absolute atomic E-state index is 12.9. The van der Waals surface area contributed by atoms with Crippen molar-refractivity contribution in [2.24, 2.45) is 10.2 Å². The van der Waals surface area contributed by atoms with E-state index in [0.29, 0.717) is 27.7 Å². The fourth-order valence-electron chi connectivity index (χ4n) is 4.76. The van der Waals surface area contributed by atoms with E-state index in [1.807, 2.05) is 38.4 Å². The molecule has 5 rings (SSSR count). The summed E-state index contributed by atoms with van der Waals surface area (Å²) in [5.41, 5.74) is 5.70. The Hall–Kier alpha value is -5.83. The van der Waals surface area contributed by atoms with Gasteiger partial charge in [0, 0.05) is 42.0 Å². The first-order valence-corrected chi connectivity index (χ1v) is 14.4. The number of hydrogen-bond acceptors (Lipinski definition) is 7. The summed E-state index contributed by atoms with van der Waals surface area (Å²) in [7, 11) is 4.03. The Labute approximate surface area is 261 Å². The molecule has 45 heavy (non-hydrogen) atoms. The van der Waals surface area contributed by atoms with Crippen LogP contribution in [0.1, 0.15) is 38.8 Å². The van der Waals surface area contributed by atoms with Crippen LogP contribution in [-0.2, 0) is 12.8 Å². The third-order valence-electron chi connectivity index (χ3n) is 7.37. The molecule has 0 unspecified atom stereocenters. The third-order valence-corrected chi connectivity index (χ3v) is 7.37. The number of nitrogens with one attached hydrogen (secondary N) is 2. The van der Waals surface area contributed by atoms with Crippen LogP contribution < -0.4 is 15.5 Å². The van der Waals surface area contributed by atoms with E-state index < -0.39 is 11.9 Å². The Balaban J connectivity index is 1.19. The lowest BCUT2D eigenvalue weighted by Gasteiger charge is -2.12. The number of carbonyl (C=O) groups excluding carboxylic acids is 3. The number of aryl methyl sites for hydroxylation is 2. The quantitative estimate of drug-likeness (QED) is 0.117. The van der Waals surface area contributed by atoms with Crippen molar-refractivity contribution in [2.45, 2.75) is 19.8 Å². The molecular weight excluding hydrogens is 566 g/mol. The number of phenolic OH excluding ortho intramolecular Hbond substituents is 1. The lowest BCUT2D eigenvalue weighted by molar-refractivity contribution is 0.0965. The molecule has 226 valence electrons. The zero-order chi connectivity index (χ0) is 31.9. The van der Waals surface area contributed by atoms with Crippen LogP contribution in [0.4, 0.5) is 27.5 Å². The topological polar surface area (TPSA) is 123 Å².